The summed E-state index contributed by atoms with van der Waals surface area (Å²) < 4.78 is 8.77. The smallest absolute Gasteiger partial charge is 0.189 e. The molecule has 0 spiro atoms. The standard InChI is InChI=1S/C28H19N3O/c1-16(2)30-22-13-12-17(29-3)14-23(22)31-21-10-6-4-9-19(21)26-27(31)24(30)15-20-18-8-5-7-11-25(18)32-28(20)26/h4-16H,1-2H3. The van der Waals surface area contributed by atoms with Gasteiger partial charge in [-0.2, -0.15) is 0 Å². The Morgan fingerprint density at radius 2 is 1.59 bits per heavy atom. The van der Waals surface area contributed by atoms with Gasteiger partial charge < -0.3 is 13.9 Å². The SMILES string of the molecule is [C-]#[N+]c1ccc2c(c1)-n1c3ccccc3c3c4oc5ccccc5c4cc(c31)N2C(C)C. The van der Waals surface area contributed by atoms with Crippen LogP contribution in [0.15, 0.2) is 77.2 Å². The highest BCUT2D eigenvalue weighted by atomic mass is 16.3. The largest absolute Gasteiger partial charge is 0.455 e. The van der Waals surface area contributed by atoms with Crippen molar-refractivity contribution >= 4 is 60.8 Å². The molecule has 3 heterocycles. The highest BCUT2D eigenvalue weighted by Crippen LogP contribution is 2.51. The van der Waals surface area contributed by atoms with Crippen molar-refractivity contribution in [1.29, 1.82) is 0 Å². The average molecular weight is 413 g/mol. The molecule has 1 aliphatic heterocycles. The molecule has 0 saturated heterocycles. The average Bonchev–Trinajstić information content (AvgIpc) is 3.36. The van der Waals surface area contributed by atoms with E-state index in [1.54, 1.807) is 0 Å². The number of rotatable bonds is 1. The molecule has 2 aromatic heterocycles. The minimum atomic E-state index is 0.248. The maximum absolute atomic E-state index is 7.57. The second-order valence-electron chi connectivity index (χ2n) is 8.70. The zero-order valence-corrected chi connectivity index (χ0v) is 17.8. The van der Waals surface area contributed by atoms with E-state index in [9.17, 15) is 0 Å². The van der Waals surface area contributed by atoms with Gasteiger partial charge in [-0.15, -0.1) is 0 Å². The van der Waals surface area contributed by atoms with Crippen LogP contribution in [0, 0.1) is 6.57 Å². The summed E-state index contributed by atoms with van der Waals surface area (Å²) in [5.41, 5.74) is 8.08. The van der Waals surface area contributed by atoms with Crippen LogP contribution in [0.5, 0.6) is 0 Å². The Labute approximate surface area is 184 Å². The van der Waals surface area contributed by atoms with Gasteiger partial charge in [0, 0.05) is 22.2 Å². The molecule has 4 heteroatoms. The van der Waals surface area contributed by atoms with E-state index in [4.69, 9.17) is 11.0 Å². The third-order valence-corrected chi connectivity index (χ3v) is 6.62. The van der Waals surface area contributed by atoms with Crippen LogP contribution in [0.4, 0.5) is 17.1 Å². The number of benzene rings is 4. The lowest BCUT2D eigenvalue weighted by Gasteiger charge is -2.36. The molecule has 0 bridgehead atoms. The van der Waals surface area contributed by atoms with E-state index >= 15 is 0 Å². The molecule has 1 aliphatic rings. The van der Waals surface area contributed by atoms with Gasteiger partial charge >= 0.3 is 0 Å². The van der Waals surface area contributed by atoms with Crippen molar-refractivity contribution < 1.29 is 4.42 Å². The quantitative estimate of drug-likeness (QED) is 0.255. The zero-order chi connectivity index (χ0) is 21.6. The van der Waals surface area contributed by atoms with Crippen LogP contribution in [-0.2, 0) is 0 Å². The Balaban J connectivity index is 1.80. The Morgan fingerprint density at radius 3 is 2.41 bits per heavy atom. The molecule has 0 N–H and O–H groups in total. The van der Waals surface area contributed by atoms with E-state index in [1.165, 1.54) is 5.69 Å². The Morgan fingerprint density at radius 1 is 0.812 bits per heavy atom. The van der Waals surface area contributed by atoms with E-state index in [2.05, 4.69) is 76.7 Å². The van der Waals surface area contributed by atoms with Crippen molar-refractivity contribution in [2.24, 2.45) is 0 Å². The van der Waals surface area contributed by atoms with Crippen molar-refractivity contribution in [3.63, 3.8) is 0 Å². The molecule has 32 heavy (non-hydrogen) atoms. The summed E-state index contributed by atoms with van der Waals surface area (Å²) in [6, 6.07) is 25.3. The second-order valence-corrected chi connectivity index (χ2v) is 8.70. The van der Waals surface area contributed by atoms with E-state index in [0.717, 1.165) is 55.1 Å². The second kappa shape index (κ2) is 5.93. The van der Waals surface area contributed by atoms with Crippen molar-refractivity contribution in [3.05, 3.63) is 84.2 Å². The molecule has 0 fully saturated rings. The fourth-order valence-corrected chi connectivity index (χ4v) is 5.40. The van der Waals surface area contributed by atoms with Crippen molar-refractivity contribution in [3.8, 4) is 5.69 Å². The summed E-state index contributed by atoms with van der Waals surface area (Å²) in [5, 5.41) is 4.57. The van der Waals surface area contributed by atoms with Crippen molar-refractivity contribution in [2.75, 3.05) is 4.90 Å². The van der Waals surface area contributed by atoms with Gasteiger partial charge in [0.2, 0.25) is 0 Å². The molecule has 0 radical (unpaired) electrons. The van der Waals surface area contributed by atoms with E-state index in [0.29, 0.717) is 5.69 Å². The Kier molecular flexibility index (Phi) is 3.23. The molecule has 6 aromatic rings. The molecule has 0 amide bonds. The minimum absolute atomic E-state index is 0.248. The summed E-state index contributed by atoms with van der Waals surface area (Å²) in [6.45, 7) is 12.0. The highest BCUT2D eigenvalue weighted by Gasteiger charge is 2.31. The normalized spacial score (nSPS) is 12.9. The maximum atomic E-state index is 7.57. The van der Waals surface area contributed by atoms with Crippen LogP contribution in [0.25, 0.3) is 54.3 Å². The molecule has 0 aliphatic carbocycles. The van der Waals surface area contributed by atoms with Crippen molar-refractivity contribution in [1.82, 2.24) is 4.57 Å². The number of anilines is 2. The first-order chi connectivity index (χ1) is 15.7. The molecule has 0 unspecified atom stereocenters. The van der Waals surface area contributed by atoms with Crippen LogP contribution >= 0.6 is 0 Å². The predicted molar refractivity (Wildman–Crippen MR) is 132 cm³/mol. The predicted octanol–water partition coefficient (Wildman–Crippen LogP) is 8.09. The third-order valence-electron chi connectivity index (χ3n) is 6.62. The topological polar surface area (TPSA) is 25.7 Å². The van der Waals surface area contributed by atoms with Gasteiger partial charge in [-0.25, -0.2) is 4.85 Å². The first-order valence-electron chi connectivity index (χ1n) is 10.9. The first kappa shape index (κ1) is 17.5. The van der Waals surface area contributed by atoms with Crippen LogP contribution in [0.1, 0.15) is 13.8 Å². The number of nitrogens with zero attached hydrogens (tertiary/aromatic N) is 3. The number of hydrogen-bond acceptors (Lipinski definition) is 2. The Hall–Kier alpha value is -4.23. The summed E-state index contributed by atoms with van der Waals surface area (Å²) in [7, 11) is 0. The van der Waals surface area contributed by atoms with E-state index < -0.39 is 0 Å². The van der Waals surface area contributed by atoms with Gasteiger partial charge in [-0.1, -0.05) is 42.5 Å². The van der Waals surface area contributed by atoms with Gasteiger partial charge in [-0.05, 0) is 44.2 Å². The van der Waals surface area contributed by atoms with Crippen LogP contribution in [0.2, 0.25) is 0 Å². The number of fused-ring (bicyclic) bond motifs is 9. The van der Waals surface area contributed by atoms with Crippen molar-refractivity contribution in [2.45, 2.75) is 19.9 Å². The van der Waals surface area contributed by atoms with Gasteiger partial charge in [0.1, 0.15) is 11.2 Å². The molecule has 4 aromatic carbocycles. The summed E-state index contributed by atoms with van der Waals surface area (Å²) >= 11 is 0. The van der Waals surface area contributed by atoms with Gasteiger partial charge in [0.25, 0.3) is 0 Å². The highest BCUT2D eigenvalue weighted by molar-refractivity contribution is 6.28. The number of aromatic nitrogens is 1. The van der Waals surface area contributed by atoms with Crippen LogP contribution in [0.3, 0.4) is 0 Å². The summed E-state index contributed by atoms with van der Waals surface area (Å²) in [4.78, 5) is 6.11. The summed E-state index contributed by atoms with van der Waals surface area (Å²) in [5.74, 6) is 0. The molecule has 0 saturated carbocycles. The lowest BCUT2D eigenvalue weighted by molar-refractivity contribution is 0.673. The van der Waals surface area contributed by atoms with E-state index in [-0.39, 0.29) is 6.04 Å². The maximum Gasteiger partial charge on any atom is 0.189 e. The van der Waals surface area contributed by atoms with Gasteiger partial charge in [0.15, 0.2) is 5.69 Å². The monoisotopic (exact) mass is 413 g/mol. The van der Waals surface area contributed by atoms with E-state index in [1.807, 2.05) is 24.3 Å². The fourth-order valence-electron chi connectivity index (χ4n) is 5.40. The number of hydrogen-bond donors (Lipinski definition) is 0. The molecule has 0 atom stereocenters. The lowest BCUT2D eigenvalue weighted by Crippen LogP contribution is -2.29. The van der Waals surface area contributed by atoms with Crippen LogP contribution < -0.4 is 4.90 Å². The molecule has 152 valence electrons. The fraction of sp³-hybridized carbons (Fsp3) is 0.107. The number of para-hydroxylation sites is 2. The first-order valence-corrected chi connectivity index (χ1v) is 10.9. The molecular weight excluding hydrogens is 394 g/mol. The minimum Gasteiger partial charge on any atom is -0.455 e. The van der Waals surface area contributed by atoms with Gasteiger partial charge in [-0.3, -0.25) is 0 Å². The number of furan rings is 1. The Bertz CT molecular complexity index is 1780. The summed E-state index contributed by atoms with van der Waals surface area (Å²) in [6.07, 6.45) is 0. The molecular formula is C28H19N3O. The van der Waals surface area contributed by atoms with Crippen LogP contribution in [-0.4, -0.2) is 10.6 Å². The lowest BCUT2D eigenvalue weighted by atomic mass is 10.0. The zero-order valence-electron chi connectivity index (χ0n) is 17.8. The third kappa shape index (κ3) is 2.01. The molecule has 4 nitrogen and oxygen atoms in total. The molecule has 7 rings (SSSR count). The van der Waals surface area contributed by atoms with Gasteiger partial charge in [0.05, 0.1) is 40.1 Å².